The minimum atomic E-state index is -1.16. The van der Waals surface area contributed by atoms with Crippen LogP contribution < -0.4 is 0 Å². The lowest BCUT2D eigenvalue weighted by molar-refractivity contribution is -0.0511. The van der Waals surface area contributed by atoms with Gasteiger partial charge in [0.25, 0.3) is 0 Å². The van der Waals surface area contributed by atoms with E-state index >= 15 is 0 Å². The van der Waals surface area contributed by atoms with Crippen molar-refractivity contribution in [2.24, 2.45) is 0 Å². The van der Waals surface area contributed by atoms with Crippen LogP contribution >= 0.6 is 55.0 Å². The van der Waals surface area contributed by atoms with E-state index in [4.69, 9.17) is 66.2 Å². The van der Waals surface area contributed by atoms with Crippen LogP contribution in [0.1, 0.15) is 18.7 Å². The maximum Gasteiger partial charge on any atom is 0.165 e. The van der Waals surface area contributed by atoms with E-state index < -0.39 is 73.6 Å². The van der Waals surface area contributed by atoms with Crippen molar-refractivity contribution in [1.29, 1.82) is 0 Å². The number of ether oxygens (including phenoxy) is 3. The first kappa shape index (κ1) is 56.6. The van der Waals surface area contributed by atoms with E-state index in [1.807, 2.05) is 0 Å². The van der Waals surface area contributed by atoms with E-state index in [0.717, 1.165) is 0 Å². The van der Waals surface area contributed by atoms with Crippen LogP contribution in [0.3, 0.4) is 0 Å². The molecule has 3 aliphatic rings. The molecule has 9 heterocycles. The van der Waals surface area contributed by atoms with Crippen LogP contribution in [0.5, 0.6) is 0 Å². The molecule has 0 aromatic carbocycles. The lowest BCUT2D eigenvalue weighted by Crippen LogP contribution is -2.33. The number of aliphatic hydroxyl groups is 9. The molecule has 0 saturated carbocycles. The highest BCUT2D eigenvalue weighted by molar-refractivity contribution is 8.17. The fourth-order valence-corrected chi connectivity index (χ4v) is 7.14. The van der Waals surface area contributed by atoms with Gasteiger partial charge in [-0.2, -0.15) is 0 Å². The molecule has 3 saturated heterocycles. The summed E-state index contributed by atoms with van der Waals surface area (Å²) in [4.78, 5) is 32.6. The van der Waals surface area contributed by atoms with E-state index in [0.29, 0.717) is 65.8 Å². The SMILES string of the molecule is OC[C@H]1O[C@@H](n2cnc3c(=S)nc[nH]c32)[C@H](O)[C@@H]1O.OC[C@H]1O[C@@H](n2cnc3c(=S)nc[nH]c32)[C@H](O)[C@@H]1O.OC[C@H]1O[C@@H](n2cnc3c(=S)nc[nH]c32)[C@H](O)[C@@H]1O.S=[P-]=S.S=[P-]=S.S=[P-]=S. The van der Waals surface area contributed by atoms with Crippen molar-refractivity contribution >= 4 is 159 Å². The molecule has 3 aliphatic heterocycles. The third kappa shape index (κ3) is 13.1. The Labute approximate surface area is 420 Å². The summed E-state index contributed by atoms with van der Waals surface area (Å²) in [7, 11) is 0. The molecule has 24 nitrogen and oxygen atoms in total. The highest BCUT2D eigenvalue weighted by atomic mass is 32.7. The Bertz CT molecular complexity index is 2540. The second-order valence-corrected chi connectivity index (χ2v) is 20.1. The van der Waals surface area contributed by atoms with Crippen LogP contribution in [0.25, 0.3) is 33.5 Å². The standard InChI is InChI=1S/3C10H12N4O4S.3PS2/c3*15-1-4-6(16)7(17)10(18-4)14-3-13-5-8(14)11-2-12-9(5)19;3*2-1-3/h3*2-4,6-7,10,15-17H,1H2,(H,11,12,19);;;/q;;;3*-1/t3*4-,6-,7-,10-;;;/m111.../s1. The van der Waals surface area contributed by atoms with Gasteiger partial charge in [-0.05, 0) is 0 Å². The minimum absolute atomic E-state index is 0.333. The molecule has 0 unspecified atom stereocenters. The summed E-state index contributed by atoms with van der Waals surface area (Å²) in [6.45, 7) is -1.13. The normalized spacial score (nSPS) is 27.4. The van der Waals surface area contributed by atoms with Crippen molar-refractivity contribution in [3.63, 3.8) is 0 Å². The number of nitrogens with zero attached hydrogens (tertiary/aromatic N) is 9. The first-order valence-corrected chi connectivity index (χ1v) is 28.1. The van der Waals surface area contributed by atoms with E-state index in [1.165, 1.54) is 51.7 Å². The maximum atomic E-state index is 9.97. The molecule has 36 heteroatoms. The highest BCUT2D eigenvalue weighted by Gasteiger charge is 2.46. The Hall–Kier alpha value is -1.95. The molecular formula is C30H36N12O12P3S9-3. The number of aromatic nitrogens is 12. The summed E-state index contributed by atoms with van der Waals surface area (Å²) >= 11 is 40.2. The predicted molar refractivity (Wildman–Crippen MR) is 262 cm³/mol. The van der Waals surface area contributed by atoms with Gasteiger partial charge in [-0.1, -0.05) is 36.7 Å². The molecule has 3 fully saturated rings. The van der Waals surface area contributed by atoms with E-state index in [2.05, 4.69) is 116 Å². The molecule has 6 aromatic rings. The van der Waals surface area contributed by atoms with Gasteiger partial charge < -0.3 is 164 Å². The second kappa shape index (κ2) is 27.4. The molecule has 12 atom stereocenters. The average molecular weight is 1140 g/mol. The number of rotatable bonds is 6. The van der Waals surface area contributed by atoms with Crippen LogP contribution in [0.4, 0.5) is 0 Å². The largest absolute Gasteiger partial charge is 0.394 e. The molecule has 0 spiro atoms. The number of H-pyrrole nitrogens is 3. The molecule has 360 valence electrons. The van der Waals surface area contributed by atoms with Gasteiger partial charge in [0.15, 0.2) is 32.6 Å². The number of nitrogens with one attached hydrogen (secondary N) is 3. The monoisotopic (exact) mass is 1140 g/mol. The molecule has 0 bridgehead atoms. The van der Waals surface area contributed by atoms with E-state index in [9.17, 15) is 30.6 Å². The lowest BCUT2D eigenvalue weighted by Gasteiger charge is -2.16. The Morgan fingerprint density at radius 2 is 0.667 bits per heavy atom. The molecule has 9 rings (SSSR count). The van der Waals surface area contributed by atoms with Crippen LogP contribution in [-0.4, -0.2) is 179 Å². The fraction of sp³-hybridized carbons (Fsp3) is 0.500. The average Bonchev–Trinajstić information content (AvgIpc) is 4.17. The number of hydrogen-bond donors (Lipinski definition) is 12. The molecule has 12 N–H and O–H groups in total. The number of aromatic amines is 3. The number of aliphatic hydroxyl groups excluding tert-OH is 9. The van der Waals surface area contributed by atoms with Crippen LogP contribution in [-0.2, 0) is 85.1 Å². The summed E-state index contributed by atoms with van der Waals surface area (Å²) in [5.74, 6) is 0. The Balaban J connectivity index is 0.000000198. The number of fused-ring (bicyclic) bond motifs is 3. The van der Waals surface area contributed by atoms with Gasteiger partial charge in [-0.25, -0.2) is 29.9 Å². The third-order valence-electron chi connectivity index (χ3n) is 9.51. The maximum absolute atomic E-state index is 9.97. The molecule has 66 heavy (non-hydrogen) atoms. The molecular weight excluding hydrogens is 1100 g/mol. The molecule has 0 amide bonds. The van der Waals surface area contributed by atoms with Crippen molar-refractivity contribution in [2.75, 3.05) is 19.8 Å². The topological polar surface area (TPSA) is 349 Å². The zero-order valence-electron chi connectivity index (χ0n) is 32.8. The summed E-state index contributed by atoms with van der Waals surface area (Å²) in [5.41, 5.74) is 3.06. The Morgan fingerprint density at radius 1 is 0.439 bits per heavy atom. The summed E-state index contributed by atoms with van der Waals surface area (Å²) in [5, 5.41) is 86.3. The van der Waals surface area contributed by atoms with Gasteiger partial charge >= 0.3 is 0 Å². The van der Waals surface area contributed by atoms with Crippen LogP contribution in [0.15, 0.2) is 38.0 Å². The smallest absolute Gasteiger partial charge is 0.165 e. The van der Waals surface area contributed by atoms with Gasteiger partial charge in [0.05, 0.1) is 57.8 Å². The molecule has 6 aromatic heterocycles. The fourth-order valence-electron chi connectivity index (χ4n) is 6.53. The third-order valence-corrected chi connectivity index (χ3v) is 10.4. The molecule has 0 aliphatic carbocycles. The van der Waals surface area contributed by atoms with Gasteiger partial charge in [-0.15, -0.1) is 0 Å². The minimum Gasteiger partial charge on any atom is -0.394 e. The van der Waals surface area contributed by atoms with Gasteiger partial charge in [0, 0.05) is 0 Å². The van der Waals surface area contributed by atoms with Crippen molar-refractivity contribution in [1.82, 2.24) is 58.6 Å². The van der Waals surface area contributed by atoms with Crippen LogP contribution in [0, 0.1) is 13.9 Å². The van der Waals surface area contributed by atoms with Crippen molar-refractivity contribution in [3.05, 3.63) is 51.9 Å². The summed E-state index contributed by atoms with van der Waals surface area (Å²) < 4.78 is 21.8. The summed E-state index contributed by atoms with van der Waals surface area (Å²) in [6, 6.07) is 0. The molecule has 0 radical (unpaired) electrons. The zero-order valence-corrected chi connectivity index (χ0v) is 42.8. The van der Waals surface area contributed by atoms with Crippen LogP contribution in [0.2, 0.25) is 0 Å². The quantitative estimate of drug-likeness (QED) is 0.0763. The zero-order chi connectivity index (χ0) is 48.8. The van der Waals surface area contributed by atoms with Crippen molar-refractivity contribution in [3.8, 4) is 0 Å². The number of hydrogen-bond acceptors (Lipinski definition) is 27. The highest BCUT2D eigenvalue weighted by Crippen LogP contribution is 2.33. The Morgan fingerprint density at radius 3 is 0.864 bits per heavy atom. The van der Waals surface area contributed by atoms with Gasteiger partial charge in [0.1, 0.15) is 88.4 Å². The predicted octanol–water partition coefficient (Wildman–Crippen LogP) is -0.130. The van der Waals surface area contributed by atoms with E-state index in [-0.39, 0.29) is 19.8 Å². The first-order chi connectivity index (χ1) is 31.6. The lowest BCUT2D eigenvalue weighted by atomic mass is 10.1. The van der Waals surface area contributed by atoms with Gasteiger partial charge in [-0.3, -0.25) is 13.7 Å². The van der Waals surface area contributed by atoms with Crippen molar-refractivity contribution < 1.29 is 60.2 Å². The first-order valence-electron chi connectivity index (χ1n) is 18.1. The summed E-state index contributed by atoms with van der Waals surface area (Å²) in [6.07, 6.45) is -1.63. The van der Waals surface area contributed by atoms with E-state index in [1.54, 1.807) is 0 Å². The Kier molecular flexibility index (Phi) is 23.6. The van der Waals surface area contributed by atoms with Crippen molar-refractivity contribution in [2.45, 2.75) is 73.6 Å². The number of imidazole rings is 3. The van der Waals surface area contributed by atoms with Gasteiger partial charge in [0.2, 0.25) is 0 Å². The second-order valence-electron chi connectivity index (χ2n) is 13.1.